The standard InChI is InChI=1S/C24H20N2O/c1-17-6-7-19(16-27)14-21(17)9-8-20-4-3-5-23(18(20)2)22-10-11-24-25-12-13-26(24)15-22/h3-16H,1-2H3/b9-8+. The quantitative estimate of drug-likeness (QED) is 0.354. The van der Waals surface area contributed by atoms with Crippen LogP contribution in [0.2, 0.25) is 0 Å². The highest BCUT2D eigenvalue weighted by Crippen LogP contribution is 2.27. The lowest BCUT2D eigenvalue weighted by molar-refractivity contribution is 0.112. The third kappa shape index (κ3) is 3.32. The number of imidazole rings is 1. The first-order valence-electron chi connectivity index (χ1n) is 8.92. The summed E-state index contributed by atoms with van der Waals surface area (Å²) in [4.78, 5) is 15.3. The monoisotopic (exact) mass is 352 g/mol. The largest absolute Gasteiger partial charge is 0.306 e. The lowest BCUT2D eigenvalue weighted by Crippen LogP contribution is -1.90. The van der Waals surface area contributed by atoms with Crippen LogP contribution in [0.25, 0.3) is 28.9 Å². The molecule has 132 valence electrons. The molecule has 4 aromatic rings. The molecule has 0 radical (unpaired) electrons. The molecule has 0 N–H and O–H groups in total. The predicted octanol–water partition coefficient (Wildman–Crippen LogP) is 5.60. The van der Waals surface area contributed by atoms with Crippen LogP contribution in [0.15, 0.2) is 67.1 Å². The molecule has 0 aliphatic carbocycles. The lowest BCUT2D eigenvalue weighted by atomic mass is 9.96. The molecule has 0 bridgehead atoms. The summed E-state index contributed by atoms with van der Waals surface area (Å²) in [7, 11) is 0. The van der Waals surface area contributed by atoms with Gasteiger partial charge < -0.3 is 4.40 Å². The topological polar surface area (TPSA) is 34.4 Å². The molecule has 0 aliphatic heterocycles. The number of pyridine rings is 1. The first-order chi connectivity index (χ1) is 13.2. The molecule has 0 spiro atoms. The van der Waals surface area contributed by atoms with Crippen LogP contribution in [0.1, 0.15) is 32.6 Å². The second-order valence-corrected chi connectivity index (χ2v) is 6.70. The lowest BCUT2D eigenvalue weighted by Gasteiger charge is -2.10. The number of rotatable bonds is 4. The number of hydrogen-bond acceptors (Lipinski definition) is 2. The Bertz CT molecular complexity index is 1170. The summed E-state index contributed by atoms with van der Waals surface area (Å²) in [6.45, 7) is 4.19. The van der Waals surface area contributed by atoms with E-state index in [1.807, 2.05) is 34.9 Å². The van der Waals surface area contributed by atoms with Crippen molar-refractivity contribution < 1.29 is 4.79 Å². The molecule has 2 aromatic carbocycles. The molecule has 0 fully saturated rings. The average Bonchev–Trinajstić information content (AvgIpc) is 3.16. The Morgan fingerprint density at radius 2 is 1.81 bits per heavy atom. The molecule has 2 heterocycles. The fourth-order valence-electron chi connectivity index (χ4n) is 3.32. The minimum absolute atomic E-state index is 0.694. The van der Waals surface area contributed by atoms with Gasteiger partial charge in [0.25, 0.3) is 0 Å². The maximum atomic E-state index is 11.0. The number of aryl methyl sites for hydroxylation is 1. The molecule has 0 saturated carbocycles. The third-order valence-corrected chi connectivity index (χ3v) is 4.96. The van der Waals surface area contributed by atoms with Crippen molar-refractivity contribution in [2.45, 2.75) is 13.8 Å². The van der Waals surface area contributed by atoms with Crippen molar-refractivity contribution in [2.24, 2.45) is 0 Å². The third-order valence-electron chi connectivity index (χ3n) is 4.96. The molecule has 2 aromatic heterocycles. The summed E-state index contributed by atoms with van der Waals surface area (Å²) in [6.07, 6.45) is 10.9. The molecule has 4 rings (SSSR count). The average molecular weight is 352 g/mol. The summed E-state index contributed by atoms with van der Waals surface area (Å²) in [5, 5.41) is 0. The Morgan fingerprint density at radius 1 is 0.963 bits per heavy atom. The molecule has 0 saturated heterocycles. The maximum absolute atomic E-state index is 11.0. The second kappa shape index (κ2) is 7.04. The van der Waals surface area contributed by atoms with Gasteiger partial charge in [0.05, 0.1) is 0 Å². The Kier molecular flexibility index (Phi) is 4.43. The molecule has 0 amide bonds. The first kappa shape index (κ1) is 17.0. The molecule has 0 atom stereocenters. The van der Waals surface area contributed by atoms with E-state index in [4.69, 9.17) is 0 Å². The zero-order valence-electron chi connectivity index (χ0n) is 15.4. The van der Waals surface area contributed by atoms with Gasteiger partial charge in [0.15, 0.2) is 0 Å². The summed E-state index contributed by atoms with van der Waals surface area (Å²) in [5.74, 6) is 0. The van der Waals surface area contributed by atoms with E-state index < -0.39 is 0 Å². The minimum atomic E-state index is 0.694. The number of hydrogen-bond donors (Lipinski definition) is 0. The Balaban J connectivity index is 1.73. The van der Waals surface area contributed by atoms with Crippen LogP contribution < -0.4 is 0 Å². The van der Waals surface area contributed by atoms with Crippen LogP contribution in [-0.2, 0) is 0 Å². The van der Waals surface area contributed by atoms with Gasteiger partial charge in [0, 0.05) is 24.2 Å². The van der Waals surface area contributed by atoms with E-state index in [1.54, 1.807) is 6.20 Å². The smallest absolute Gasteiger partial charge is 0.150 e. The molecule has 27 heavy (non-hydrogen) atoms. The minimum Gasteiger partial charge on any atom is -0.306 e. The molecule has 3 nitrogen and oxygen atoms in total. The van der Waals surface area contributed by atoms with Gasteiger partial charge in [-0.15, -0.1) is 0 Å². The fraction of sp³-hybridized carbons (Fsp3) is 0.0833. The van der Waals surface area contributed by atoms with Crippen molar-refractivity contribution in [2.75, 3.05) is 0 Å². The van der Waals surface area contributed by atoms with Crippen LogP contribution in [0, 0.1) is 13.8 Å². The van der Waals surface area contributed by atoms with Gasteiger partial charge in [-0.2, -0.15) is 0 Å². The van der Waals surface area contributed by atoms with Gasteiger partial charge in [-0.3, -0.25) is 4.79 Å². The van der Waals surface area contributed by atoms with E-state index in [0.717, 1.165) is 34.2 Å². The van der Waals surface area contributed by atoms with Gasteiger partial charge in [0.1, 0.15) is 11.9 Å². The first-order valence-corrected chi connectivity index (χ1v) is 8.92. The van der Waals surface area contributed by atoms with Crippen molar-refractivity contribution in [3.05, 3.63) is 94.9 Å². The van der Waals surface area contributed by atoms with E-state index in [2.05, 4.69) is 61.4 Å². The van der Waals surface area contributed by atoms with Gasteiger partial charge in [-0.05, 0) is 65.4 Å². The van der Waals surface area contributed by atoms with E-state index in [1.165, 1.54) is 11.1 Å². The second-order valence-electron chi connectivity index (χ2n) is 6.70. The van der Waals surface area contributed by atoms with E-state index in [-0.39, 0.29) is 0 Å². The van der Waals surface area contributed by atoms with E-state index in [0.29, 0.717) is 5.56 Å². The van der Waals surface area contributed by atoms with Crippen molar-refractivity contribution in [1.29, 1.82) is 0 Å². The zero-order valence-corrected chi connectivity index (χ0v) is 15.4. The molecule has 0 aliphatic rings. The number of nitrogens with zero attached hydrogens (tertiary/aromatic N) is 2. The summed E-state index contributed by atoms with van der Waals surface area (Å²) >= 11 is 0. The zero-order chi connectivity index (χ0) is 18.8. The van der Waals surface area contributed by atoms with Crippen molar-refractivity contribution in [3.8, 4) is 11.1 Å². The van der Waals surface area contributed by atoms with Crippen LogP contribution >= 0.6 is 0 Å². The summed E-state index contributed by atoms with van der Waals surface area (Å²) < 4.78 is 2.03. The van der Waals surface area contributed by atoms with E-state index >= 15 is 0 Å². The van der Waals surface area contributed by atoms with Crippen molar-refractivity contribution in [3.63, 3.8) is 0 Å². The number of aromatic nitrogens is 2. The molecule has 3 heteroatoms. The highest BCUT2D eigenvalue weighted by molar-refractivity contribution is 5.81. The Labute approximate surface area is 158 Å². The highest BCUT2D eigenvalue weighted by Gasteiger charge is 2.06. The van der Waals surface area contributed by atoms with Crippen molar-refractivity contribution >= 4 is 24.1 Å². The van der Waals surface area contributed by atoms with Gasteiger partial charge >= 0.3 is 0 Å². The Morgan fingerprint density at radius 3 is 2.67 bits per heavy atom. The predicted molar refractivity (Wildman–Crippen MR) is 111 cm³/mol. The maximum Gasteiger partial charge on any atom is 0.150 e. The number of aldehydes is 1. The van der Waals surface area contributed by atoms with Crippen molar-refractivity contribution in [1.82, 2.24) is 9.38 Å². The SMILES string of the molecule is Cc1ccc(C=O)cc1/C=C/c1cccc(-c2ccc3nccn3c2)c1C. The van der Waals surface area contributed by atoms with Crippen LogP contribution in [0.3, 0.4) is 0 Å². The van der Waals surface area contributed by atoms with Crippen LogP contribution in [0.5, 0.6) is 0 Å². The number of fused-ring (bicyclic) bond motifs is 1. The van der Waals surface area contributed by atoms with E-state index in [9.17, 15) is 4.79 Å². The molecular weight excluding hydrogens is 332 g/mol. The van der Waals surface area contributed by atoms with Gasteiger partial charge in [-0.25, -0.2) is 4.98 Å². The van der Waals surface area contributed by atoms with Crippen LogP contribution in [0.4, 0.5) is 0 Å². The number of carbonyl (C=O) groups is 1. The number of benzene rings is 2. The fourth-order valence-corrected chi connectivity index (χ4v) is 3.32. The Hall–Kier alpha value is -3.46. The summed E-state index contributed by atoms with van der Waals surface area (Å²) in [5.41, 5.74) is 8.59. The molecular formula is C24H20N2O. The summed E-state index contributed by atoms with van der Waals surface area (Å²) in [6, 6.07) is 16.2. The van der Waals surface area contributed by atoms with Gasteiger partial charge in [-0.1, -0.05) is 42.5 Å². The van der Waals surface area contributed by atoms with Gasteiger partial charge in [0.2, 0.25) is 0 Å². The number of carbonyl (C=O) groups excluding carboxylic acids is 1. The molecule has 0 unspecified atom stereocenters. The van der Waals surface area contributed by atoms with Crippen LogP contribution in [-0.4, -0.2) is 15.7 Å². The normalized spacial score (nSPS) is 11.3. The highest BCUT2D eigenvalue weighted by atomic mass is 16.1.